The molecule has 34 heavy (non-hydrogen) atoms. The quantitative estimate of drug-likeness (QED) is 0.373. The average molecular weight is 477 g/mol. The molecule has 0 amide bonds. The lowest BCUT2D eigenvalue weighted by Crippen LogP contribution is -2.09. The number of hydrogen-bond acceptors (Lipinski definition) is 8. The highest BCUT2D eigenvalue weighted by Crippen LogP contribution is 2.39. The molecule has 2 aromatic carbocycles. The van der Waals surface area contributed by atoms with Gasteiger partial charge in [-0.25, -0.2) is 4.98 Å². The van der Waals surface area contributed by atoms with Crippen LogP contribution < -0.4 is 31.0 Å². The van der Waals surface area contributed by atoms with Crippen LogP contribution in [-0.2, 0) is 12.6 Å². The molecule has 0 unspecified atom stereocenters. The number of benzene rings is 2. The number of alkyl halides is 3. The molecule has 1 heterocycles. The molecule has 0 aliphatic heterocycles. The number of rotatable bonds is 10. The Balaban J connectivity index is 1.59. The van der Waals surface area contributed by atoms with Crippen molar-refractivity contribution in [1.29, 1.82) is 0 Å². The molecule has 0 atom stereocenters. The smallest absolute Gasteiger partial charge is 0.416 e. The molecule has 8 nitrogen and oxygen atoms in total. The number of halogens is 3. The molecule has 3 aromatic rings. The van der Waals surface area contributed by atoms with E-state index in [4.69, 9.17) is 25.7 Å². The zero-order valence-corrected chi connectivity index (χ0v) is 18.8. The van der Waals surface area contributed by atoms with E-state index in [9.17, 15) is 13.2 Å². The number of nitrogens with two attached hydrogens (primary N) is 2. The highest BCUT2D eigenvalue weighted by molar-refractivity contribution is 5.55. The topological polar surface area (TPSA) is 118 Å². The summed E-state index contributed by atoms with van der Waals surface area (Å²) in [6.07, 6.45) is -1.75. The van der Waals surface area contributed by atoms with Crippen LogP contribution >= 0.6 is 0 Å². The van der Waals surface area contributed by atoms with Crippen LogP contribution in [0.3, 0.4) is 0 Å². The SMILES string of the molecule is COc1cc(Cc2cnc(N)nc2N)cc(OC)c1OCCCNc1ccc(C(F)(F)F)cc1. The van der Waals surface area contributed by atoms with E-state index in [1.54, 1.807) is 6.20 Å². The van der Waals surface area contributed by atoms with Crippen LogP contribution in [0.1, 0.15) is 23.1 Å². The Labute approximate surface area is 195 Å². The Morgan fingerprint density at radius 1 is 1.00 bits per heavy atom. The Bertz CT molecular complexity index is 1080. The summed E-state index contributed by atoms with van der Waals surface area (Å²) in [5, 5.41) is 3.07. The van der Waals surface area contributed by atoms with E-state index in [0.29, 0.717) is 60.3 Å². The number of nitrogens with one attached hydrogen (secondary N) is 1. The summed E-state index contributed by atoms with van der Waals surface area (Å²) in [4.78, 5) is 7.95. The van der Waals surface area contributed by atoms with Crippen LogP contribution in [0.15, 0.2) is 42.6 Å². The van der Waals surface area contributed by atoms with Crippen LogP contribution in [0.5, 0.6) is 17.2 Å². The predicted molar refractivity (Wildman–Crippen MR) is 123 cm³/mol. The number of aromatic nitrogens is 2. The van der Waals surface area contributed by atoms with Crippen LogP contribution in [0.4, 0.5) is 30.6 Å². The van der Waals surface area contributed by atoms with Gasteiger partial charge in [-0.1, -0.05) is 0 Å². The van der Waals surface area contributed by atoms with Crippen molar-refractivity contribution in [2.45, 2.75) is 19.0 Å². The van der Waals surface area contributed by atoms with Gasteiger partial charge in [0, 0.05) is 30.4 Å². The lowest BCUT2D eigenvalue weighted by molar-refractivity contribution is -0.137. The minimum absolute atomic E-state index is 0.105. The van der Waals surface area contributed by atoms with Gasteiger partial charge in [-0.15, -0.1) is 0 Å². The third kappa shape index (κ3) is 6.33. The van der Waals surface area contributed by atoms with Crippen LogP contribution in [0, 0.1) is 0 Å². The van der Waals surface area contributed by atoms with Gasteiger partial charge in [-0.05, 0) is 48.4 Å². The van der Waals surface area contributed by atoms with Gasteiger partial charge in [-0.2, -0.15) is 18.2 Å². The molecule has 0 aliphatic carbocycles. The minimum Gasteiger partial charge on any atom is -0.493 e. The third-order valence-corrected chi connectivity index (χ3v) is 4.94. The van der Waals surface area contributed by atoms with Crippen molar-refractivity contribution in [3.05, 3.63) is 59.3 Å². The third-order valence-electron chi connectivity index (χ3n) is 4.94. The second-order valence-corrected chi connectivity index (χ2v) is 7.35. The fourth-order valence-electron chi connectivity index (χ4n) is 3.23. The van der Waals surface area contributed by atoms with Gasteiger partial charge in [-0.3, -0.25) is 0 Å². The summed E-state index contributed by atoms with van der Waals surface area (Å²) in [7, 11) is 3.05. The maximum atomic E-state index is 12.6. The summed E-state index contributed by atoms with van der Waals surface area (Å²) < 4.78 is 54.8. The molecule has 0 bridgehead atoms. The Morgan fingerprint density at radius 2 is 1.65 bits per heavy atom. The van der Waals surface area contributed by atoms with E-state index in [-0.39, 0.29) is 5.95 Å². The van der Waals surface area contributed by atoms with E-state index in [0.717, 1.165) is 17.7 Å². The Kier molecular flexibility index (Phi) is 7.87. The van der Waals surface area contributed by atoms with E-state index in [1.165, 1.54) is 26.4 Å². The maximum absolute atomic E-state index is 12.6. The summed E-state index contributed by atoms with van der Waals surface area (Å²) in [5.41, 5.74) is 13.0. The minimum atomic E-state index is -4.35. The van der Waals surface area contributed by atoms with Crippen molar-refractivity contribution in [2.75, 3.05) is 44.2 Å². The molecular formula is C23H26F3N5O3. The van der Waals surface area contributed by atoms with Crippen molar-refractivity contribution in [2.24, 2.45) is 0 Å². The molecule has 0 aliphatic rings. The van der Waals surface area contributed by atoms with Crippen molar-refractivity contribution >= 4 is 17.5 Å². The first-order valence-electron chi connectivity index (χ1n) is 10.4. The number of nitrogen functional groups attached to an aromatic ring is 2. The summed E-state index contributed by atoms with van der Waals surface area (Å²) >= 11 is 0. The standard InChI is InChI=1S/C23H26F3N5O3/c1-32-18-11-14(10-15-13-30-22(28)31-21(15)27)12-19(33-2)20(18)34-9-3-8-29-17-6-4-16(5-7-17)23(24,25)26/h4-7,11-13,29H,3,8-10H2,1-2H3,(H4,27,28,30,31). The molecule has 0 spiro atoms. The molecular weight excluding hydrogens is 451 g/mol. The van der Waals surface area contributed by atoms with Gasteiger partial charge in [0.2, 0.25) is 11.7 Å². The molecule has 182 valence electrons. The predicted octanol–water partition coefficient (Wildman–Crippen LogP) is 4.15. The first kappa shape index (κ1) is 24.7. The van der Waals surface area contributed by atoms with Crippen LogP contribution in [-0.4, -0.2) is 37.3 Å². The number of nitrogens with zero attached hydrogens (tertiary/aromatic N) is 2. The van der Waals surface area contributed by atoms with Gasteiger partial charge in [0.05, 0.1) is 26.4 Å². The fourth-order valence-corrected chi connectivity index (χ4v) is 3.23. The van der Waals surface area contributed by atoms with E-state index in [2.05, 4.69) is 15.3 Å². The molecule has 1 aromatic heterocycles. The Hall–Kier alpha value is -3.89. The zero-order valence-electron chi connectivity index (χ0n) is 18.8. The van der Waals surface area contributed by atoms with Gasteiger partial charge in [0.15, 0.2) is 11.5 Å². The zero-order chi connectivity index (χ0) is 24.7. The van der Waals surface area contributed by atoms with E-state index in [1.807, 2.05) is 12.1 Å². The largest absolute Gasteiger partial charge is 0.493 e. The maximum Gasteiger partial charge on any atom is 0.416 e. The second-order valence-electron chi connectivity index (χ2n) is 7.35. The highest BCUT2D eigenvalue weighted by Gasteiger charge is 2.29. The van der Waals surface area contributed by atoms with Crippen molar-refractivity contribution in [3.8, 4) is 17.2 Å². The van der Waals surface area contributed by atoms with Gasteiger partial charge >= 0.3 is 6.18 Å². The van der Waals surface area contributed by atoms with Gasteiger partial charge < -0.3 is 31.0 Å². The van der Waals surface area contributed by atoms with Crippen molar-refractivity contribution in [1.82, 2.24) is 9.97 Å². The lowest BCUT2D eigenvalue weighted by Gasteiger charge is -2.17. The summed E-state index contributed by atoms with van der Waals surface area (Å²) in [6.45, 7) is 0.836. The molecule has 11 heteroatoms. The molecule has 0 radical (unpaired) electrons. The first-order valence-corrected chi connectivity index (χ1v) is 10.4. The normalized spacial score (nSPS) is 11.2. The van der Waals surface area contributed by atoms with Gasteiger partial charge in [0.25, 0.3) is 0 Å². The summed E-state index contributed by atoms with van der Waals surface area (Å²) in [6, 6.07) is 8.50. The number of anilines is 3. The monoisotopic (exact) mass is 477 g/mol. The fraction of sp³-hybridized carbons (Fsp3) is 0.304. The molecule has 0 fully saturated rings. The highest BCUT2D eigenvalue weighted by atomic mass is 19.4. The molecule has 3 rings (SSSR count). The van der Waals surface area contributed by atoms with Crippen LogP contribution in [0.2, 0.25) is 0 Å². The number of hydrogen-bond donors (Lipinski definition) is 3. The van der Waals surface area contributed by atoms with Crippen LogP contribution in [0.25, 0.3) is 0 Å². The van der Waals surface area contributed by atoms with E-state index >= 15 is 0 Å². The van der Waals surface area contributed by atoms with E-state index < -0.39 is 11.7 Å². The molecule has 5 N–H and O–H groups in total. The van der Waals surface area contributed by atoms with Crippen molar-refractivity contribution < 1.29 is 27.4 Å². The first-order chi connectivity index (χ1) is 16.2. The summed E-state index contributed by atoms with van der Waals surface area (Å²) in [5.74, 6) is 1.82. The number of ether oxygens (including phenoxy) is 3. The molecule has 0 saturated carbocycles. The van der Waals surface area contributed by atoms with Gasteiger partial charge in [0.1, 0.15) is 5.82 Å². The Morgan fingerprint density at radius 3 is 2.21 bits per heavy atom. The number of methoxy groups -OCH3 is 2. The average Bonchev–Trinajstić information content (AvgIpc) is 2.80. The molecule has 0 saturated heterocycles. The second kappa shape index (κ2) is 10.8. The lowest BCUT2D eigenvalue weighted by atomic mass is 10.1. The van der Waals surface area contributed by atoms with Crippen molar-refractivity contribution in [3.63, 3.8) is 0 Å².